The Balaban J connectivity index is 1.82. The molecule has 17 heavy (non-hydrogen) atoms. The van der Waals surface area contributed by atoms with Crippen LogP contribution in [0.4, 0.5) is 0 Å². The van der Waals surface area contributed by atoms with Crippen LogP contribution in [-0.2, 0) is 9.84 Å². The van der Waals surface area contributed by atoms with Gasteiger partial charge in [-0.05, 0) is 45.8 Å². The van der Waals surface area contributed by atoms with E-state index in [1.54, 1.807) is 6.08 Å². The zero-order valence-electron chi connectivity index (χ0n) is 10.6. The second-order valence-corrected chi connectivity index (χ2v) is 7.29. The number of likely N-dealkylation sites (tertiary alicyclic amines) is 1. The minimum absolute atomic E-state index is 0.00894. The summed E-state index contributed by atoms with van der Waals surface area (Å²) >= 11 is 0. The van der Waals surface area contributed by atoms with Crippen LogP contribution in [-0.4, -0.2) is 51.3 Å². The van der Waals surface area contributed by atoms with Crippen molar-refractivity contribution < 1.29 is 8.42 Å². The zero-order chi connectivity index (χ0) is 12.5. The summed E-state index contributed by atoms with van der Waals surface area (Å²) in [6.07, 6.45) is 4.18. The fraction of sp³-hybridized carbons (Fsp3) is 0.833. The normalized spacial score (nSPS) is 31.8. The number of rotatable bonds is 3. The highest BCUT2D eigenvalue weighted by Gasteiger charge is 2.27. The molecule has 0 radical (unpaired) electrons. The van der Waals surface area contributed by atoms with Crippen molar-refractivity contribution in [2.24, 2.45) is 5.92 Å². The molecule has 98 valence electrons. The Morgan fingerprint density at radius 1 is 1.35 bits per heavy atom. The third kappa shape index (κ3) is 3.53. The number of hydrogen-bond donors (Lipinski definition) is 1. The molecule has 2 aliphatic heterocycles. The Hall–Kier alpha value is -0.390. The van der Waals surface area contributed by atoms with Gasteiger partial charge in [0.1, 0.15) is 0 Å². The minimum atomic E-state index is -2.93. The number of hydrogen-bond acceptors (Lipinski definition) is 4. The maximum Gasteiger partial charge on any atom is 0.173 e. The third-order valence-corrected chi connectivity index (χ3v) is 5.27. The lowest BCUT2D eigenvalue weighted by atomic mass is 9.90. The van der Waals surface area contributed by atoms with Crippen LogP contribution in [0.25, 0.3) is 0 Å². The van der Waals surface area contributed by atoms with Crippen molar-refractivity contribution >= 4 is 9.84 Å². The van der Waals surface area contributed by atoms with Gasteiger partial charge in [0, 0.05) is 17.5 Å². The van der Waals surface area contributed by atoms with Gasteiger partial charge in [-0.3, -0.25) is 0 Å². The van der Waals surface area contributed by atoms with Gasteiger partial charge in [-0.25, -0.2) is 8.42 Å². The Morgan fingerprint density at radius 2 is 2.00 bits per heavy atom. The average Bonchev–Trinajstić information content (AvgIpc) is 2.59. The van der Waals surface area contributed by atoms with E-state index in [0.717, 1.165) is 13.1 Å². The van der Waals surface area contributed by atoms with Crippen LogP contribution in [0.2, 0.25) is 0 Å². The Labute approximate surface area is 104 Å². The molecule has 2 rings (SSSR count). The first-order valence-electron chi connectivity index (χ1n) is 6.32. The van der Waals surface area contributed by atoms with Crippen molar-refractivity contribution in [3.63, 3.8) is 0 Å². The summed E-state index contributed by atoms with van der Waals surface area (Å²) in [5.74, 6) is 0.896. The van der Waals surface area contributed by atoms with Crippen LogP contribution in [0.5, 0.6) is 0 Å². The van der Waals surface area contributed by atoms with Crippen LogP contribution in [0.3, 0.4) is 0 Å². The molecule has 0 saturated carbocycles. The van der Waals surface area contributed by atoms with Crippen LogP contribution < -0.4 is 5.32 Å². The van der Waals surface area contributed by atoms with Crippen LogP contribution in [0, 0.1) is 5.92 Å². The number of nitrogens with zero attached hydrogens (tertiary/aromatic N) is 1. The fourth-order valence-electron chi connectivity index (χ4n) is 2.68. The number of piperidine rings is 1. The van der Waals surface area contributed by atoms with Gasteiger partial charge in [-0.2, -0.15) is 0 Å². The van der Waals surface area contributed by atoms with Gasteiger partial charge in [0.2, 0.25) is 0 Å². The molecule has 2 unspecified atom stereocenters. The van der Waals surface area contributed by atoms with Crippen LogP contribution in [0.1, 0.15) is 19.8 Å². The zero-order valence-corrected chi connectivity index (χ0v) is 11.4. The van der Waals surface area contributed by atoms with E-state index in [1.807, 2.05) is 0 Å². The first-order valence-corrected chi connectivity index (χ1v) is 8.03. The van der Waals surface area contributed by atoms with Crippen molar-refractivity contribution in [3.8, 4) is 0 Å². The van der Waals surface area contributed by atoms with Gasteiger partial charge >= 0.3 is 0 Å². The maximum absolute atomic E-state index is 11.3. The highest BCUT2D eigenvalue weighted by atomic mass is 32.2. The molecule has 0 aromatic carbocycles. The molecule has 1 fully saturated rings. The van der Waals surface area contributed by atoms with Crippen molar-refractivity contribution in [1.29, 1.82) is 0 Å². The molecule has 1 N–H and O–H groups in total. The highest BCUT2D eigenvalue weighted by molar-refractivity contribution is 7.94. The molecule has 5 heteroatoms. The topological polar surface area (TPSA) is 49.4 Å². The summed E-state index contributed by atoms with van der Waals surface area (Å²) in [4.78, 5) is 2.35. The Kier molecular flexibility index (Phi) is 3.90. The lowest BCUT2D eigenvalue weighted by Gasteiger charge is -2.34. The molecule has 2 heterocycles. The number of sulfone groups is 1. The van der Waals surface area contributed by atoms with Crippen LogP contribution >= 0.6 is 0 Å². The SMILES string of the molecule is CC(NC1C=CS(=O)(=O)C1)C1CCN(C)CC1. The van der Waals surface area contributed by atoms with Crippen LogP contribution in [0.15, 0.2) is 11.5 Å². The molecule has 0 amide bonds. The first kappa shape index (κ1) is 13.1. The van der Waals surface area contributed by atoms with Crippen molar-refractivity contribution in [2.45, 2.75) is 31.8 Å². The smallest absolute Gasteiger partial charge is 0.173 e. The largest absolute Gasteiger partial charge is 0.307 e. The predicted molar refractivity (Wildman–Crippen MR) is 69.5 cm³/mol. The van der Waals surface area contributed by atoms with Gasteiger partial charge in [0.25, 0.3) is 0 Å². The Morgan fingerprint density at radius 3 is 2.53 bits per heavy atom. The maximum atomic E-state index is 11.3. The lowest BCUT2D eigenvalue weighted by molar-refractivity contribution is 0.188. The predicted octanol–water partition coefficient (Wildman–Crippen LogP) is 0.617. The number of nitrogens with one attached hydrogen (secondary N) is 1. The van der Waals surface area contributed by atoms with Gasteiger partial charge in [0.05, 0.1) is 5.75 Å². The summed E-state index contributed by atoms with van der Waals surface area (Å²) in [7, 11) is -0.779. The molecule has 0 bridgehead atoms. The summed E-state index contributed by atoms with van der Waals surface area (Å²) in [6, 6.07) is 0.404. The summed E-state index contributed by atoms with van der Waals surface area (Å²) in [5, 5.41) is 4.77. The average molecular weight is 258 g/mol. The quantitative estimate of drug-likeness (QED) is 0.806. The van der Waals surface area contributed by atoms with E-state index in [1.165, 1.54) is 18.2 Å². The van der Waals surface area contributed by atoms with E-state index < -0.39 is 9.84 Å². The van der Waals surface area contributed by atoms with E-state index in [9.17, 15) is 8.42 Å². The van der Waals surface area contributed by atoms with Gasteiger partial charge in [-0.1, -0.05) is 6.08 Å². The molecule has 0 aliphatic carbocycles. The fourth-order valence-corrected chi connectivity index (χ4v) is 3.93. The molecular formula is C12H22N2O2S. The molecule has 2 atom stereocenters. The highest BCUT2D eigenvalue weighted by Crippen LogP contribution is 2.20. The molecule has 2 aliphatic rings. The van der Waals surface area contributed by atoms with E-state index in [2.05, 4.69) is 24.2 Å². The molecule has 1 saturated heterocycles. The van der Waals surface area contributed by atoms with Gasteiger partial charge in [-0.15, -0.1) is 0 Å². The van der Waals surface area contributed by atoms with Gasteiger partial charge < -0.3 is 10.2 Å². The van der Waals surface area contributed by atoms with Crippen molar-refractivity contribution in [2.75, 3.05) is 25.9 Å². The second kappa shape index (κ2) is 5.08. The molecule has 4 nitrogen and oxygen atoms in total. The summed E-state index contributed by atoms with van der Waals surface area (Å²) in [6.45, 7) is 4.47. The summed E-state index contributed by atoms with van der Waals surface area (Å²) in [5.41, 5.74) is 0. The molecule has 0 aromatic heterocycles. The monoisotopic (exact) mass is 258 g/mol. The first-order chi connectivity index (χ1) is 7.96. The minimum Gasteiger partial charge on any atom is -0.307 e. The third-order valence-electron chi connectivity index (χ3n) is 3.88. The standard InChI is InChI=1S/C12H22N2O2S/c1-10(11-3-6-14(2)7-4-11)13-12-5-8-17(15,16)9-12/h5,8,10-13H,3-4,6-7,9H2,1-2H3. The van der Waals surface area contributed by atoms with E-state index >= 15 is 0 Å². The second-order valence-electron chi connectivity index (χ2n) is 5.36. The molecular weight excluding hydrogens is 236 g/mol. The molecule has 0 spiro atoms. The van der Waals surface area contributed by atoms with E-state index in [-0.39, 0.29) is 11.8 Å². The Bertz CT molecular complexity index is 383. The lowest BCUT2D eigenvalue weighted by Crippen LogP contribution is -2.45. The van der Waals surface area contributed by atoms with Gasteiger partial charge in [0.15, 0.2) is 9.84 Å². The molecule has 0 aromatic rings. The summed E-state index contributed by atoms with van der Waals surface area (Å²) < 4.78 is 22.6. The van der Waals surface area contributed by atoms with E-state index in [4.69, 9.17) is 0 Å². The van der Waals surface area contributed by atoms with E-state index in [0.29, 0.717) is 12.0 Å². The van der Waals surface area contributed by atoms with Crippen molar-refractivity contribution in [3.05, 3.63) is 11.5 Å². The van der Waals surface area contributed by atoms with Crippen molar-refractivity contribution in [1.82, 2.24) is 10.2 Å².